The minimum Gasteiger partial charge on any atom is -0.457 e. The molecule has 0 spiro atoms. The molecule has 5 aromatic rings. The van der Waals surface area contributed by atoms with Crippen LogP contribution >= 0.6 is 23.2 Å². The van der Waals surface area contributed by atoms with Crippen LogP contribution in [0, 0.1) is 6.92 Å². The lowest BCUT2D eigenvalue weighted by Crippen LogP contribution is -2.07. The summed E-state index contributed by atoms with van der Waals surface area (Å²) in [5, 5.41) is 12.9. The van der Waals surface area contributed by atoms with Gasteiger partial charge >= 0.3 is 0 Å². The lowest BCUT2D eigenvalue weighted by atomic mass is 10.2. The third-order valence-electron chi connectivity index (χ3n) is 5.14. The number of amides is 1. The Bertz CT molecular complexity index is 1530. The van der Waals surface area contributed by atoms with Gasteiger partial charge in [0.05, 0.1) is 10.7 Å². The fourth-order valence-electron chi connectivity index (χ4n) is 3.40. The third-order valence-corrected chi connectivity index (χ3v) is 5.68. The average molecular weight is 489 g/mol. The molecule has 0 aliphatic heterocycles. The molecular formula is C26H18Cl2N4O2. The van der Waals surface area contributed by atoms with Gasteiger partial charge in [-0.3, -0.25) is 4.79 Å². The van der Waals surface area contributed by atoms with Crippen molar-refractivity contribution in [1.82, 2.24) is 15.0 Å². The minimum atomic E-state index is -0.298. The van der Waals surface area contributed by atoms with Crippen LogP contribution in [-0.4, -0.2) is 20.9 Å². The number of carbonyl (C=O) groups excluding carboxylic acids is 1. The third kappa shape index (κ3) is 4.73. The molecule has 34 heavy (non-hydrogen) atoms. The van der Waals surface area contributed by atoms with Crippen molar-refractivity contribution in [1.29, 1.82) is 0 Å². The molecule has 0 aliphatic rings. The summed E-state index contributed by atoms with van der Waals surface area (Å²) in [6.45, 7) is 2.03. The summed E-state index contributed by atoms with van der Waals surface area (Å²) in [7, 11) is 0. The number of carbonyl (C=O) groups is 1. The summed E-state index contributed by atoms with van der Waals surface area (Å²) in [6.07, 6.45) is 2.99. The second-order valence-corrected chi connectivity index (χ2v) is 8.52. The van der Waals surface area contributed by atoms with Crippen LogP contribution in [0.25, 0.3) is 34.1 Å². The quantitative estimate of drug-likeness (QED) is 0.271. The van der Waals surface area contributed by atoms with E-state index < -0.39 is 0 Å². The standard InChI is InChI=1S/C26H18Cl2N4O2/c1-16-2-6-19(7-3-16)32-30-23-11-5-18(15-24(23)31-32)29-26(33)13-9-20-8-12-25(34-20)21-10-4-17(27)14-22(21)28/h2-15H,1H3,(H,29,33)/b13-9+. The van der Waals surface area contributed by atoms with E-state index in [2.05, 4.69) is 15.5 Å². The predicted molar refractivity (Wildman–Crippen MR) is 135 cm³/mol. The Morgan fingerprint density at radius 2 is 1.74 bits per heavy atom. The molecule has 168 valence electrons. The Balaban J connectivity index is 1.28. The van der Waals surface area contributed by atoms with E-state index in [1.54, 1.807) is 53.3 Å². The number of nitrogens with zero attached hydrogens (tertiary/aromatic N) is 3. The molecule has 2 aromatic heterocycles. The zero-order chi connectivity index (χ0) is 23.7. The highest BCUT2D eigenvalue weighted by molar-refractivity contribution is 6.36. The number of benzene rings is 3. The number of hydrogen-bond donors (Lipinski definition) is 1. The van der Waals surface area contributed by atoms with E-state index in [1.807, 2.05) is 37.3 Å². The Morgan fingerprint density at radius 3 is 2.53 bits per heavy atom. The normalized spacial score (nSPS) is 11.4. The largest absolute Gasteiger partial charge is 0.457 e. The average Bonchev–Trinajstić information content (AvgIpc) is 3.45. The van der Waals surface area contributed by atoms with Crippen molar-refractivity contribution in [3.63, 3.8) is 0 Å². The van der Waals surface area contributed by atoms with Gasteiger partial charge in [0.2, 0.25) is 5.91 Å². The van der Waals surface area contributed by atoms with Crippen LogP contribution in [-0.2, 0) is 4.79 Å². The molecule has 0 unspecified atom stereocenters. The zero-order valence-corrected chi connectivity index (χ0v) is 19.5. The van der Waals surface area contributed by atoms with Gasteiger partial charge in [0.1, 0.15) is 22.6 Å². The summed E-state index contributed by atoms with van der Waals surface area (Å²) in [4.78, 5) is 14.0. The Kier molecular flexibility index (Phi) is 5.92. The van der Waals surface area contributed by atoms with Crippen molar-refractivity contribution in [2.24, 2.45) is 0 Å². The van der Waals surface area contributed by atoms with Gasteiger partial charge in [-0.25, -0.2) is 0 Å². The van der Waals surface area contributed by atoms with Gasteiger partial charge in [0, 0.05) is 22.3 Å². The van der Waals surface area contributed by atoms with Crippen LogP contribution < -0.4 is 5.32 Å². The zero-order valence-electron chi connectivity index (χ0n) is 18.0. The number of aromatic nitrogens is 3. The number of furan rings is 1. The van der Waals surface area contributed by atoms with Crippen LogP contribution in [0.5, 0.6) is 0 Å². The first-order chi connectivity index (χ1) is 16.4. The summed E-state index contributed by atoms with van der Waals surface area (Å²) in [5.74, 6) is 0.809. The van der Waals surface area contributed by atoms with Gasteiger partial charge in [-0.05, 0) is 73.7 Å². The Morgan fingerprint density at radius 1 is 0.941 bits per heavy atom. The van der Waals surface area contributed by atoms with Gasteiger partial charge in [0.15, 0.2) is 0 Å². The number of rotatable bonds is 5. The fraction of sp³-hybridized carbons (Fsp3) is 0.0385. The maximum Gasteiger partial charge on any atom is 0.248 e. The van der Waals surface area contributed by atoms with Crippen molar-refractivity contribution in [3.05, 3.63) is 100 Å². The van der Waals surface area contributed by atoms with Crippen LogP contribution in [0.3, 0.4) is 0 Å². The van der Waals surface area contributed by atoms with Gasteiger partial charge in [-0.2, -0.15) is 4.80 Å². The molecule has 0 atom stereocenters. The first kappa shape index (κ1) is 21.9. The van der Waals surface area contributed by atoms with Crippen molar-refractivity contribution in [3.8, 4) is 17.0 Å². The fourth-order valence-corrected chi connectivity index (χ4v) is 3.91. The van der Waals surface area contributed by atoms with E-state index in [-0.39, 0.29) is 5.91 Å². The van der Waals surface area contributed by atoms with Crippen molar-refractivity contribution >= 4 is 51.9 Å². The number of halogens is 2. The van der Waals surface area contributed by atoms with Crippen LogP contribution in [0.1, 0.15) is 11.3 Å². The molecule has 6 nitrogen and oxygen atoms in total. The van der Waals surface area contributed by atoms with E-state index in [9.17, 15) is 4.79 Å². The number of aryl methyl sites for hydroxylation is 1. The molecule has 1 N–H and O–H groups in total. The molecule has 5 rings (SSSR count). The number of anilines is 1. The highest BCUT2D eigenvalue weighted by Gasteiger charge is 2.09. The SMILES string of the molecule is Cc1ccc(-n2nc3ccc(NC(=O)/C=C/c4ccc(-c5ccc(Cl)cc5Cl)o4)cc3n2)cc1. The van der Waals surface area contributed by atoms with Crippen molar-refractivity contribution in [2.45, 2.75) is 6.92 Å². The van der Waals surface area contributed by atoms with Gasteiger partial charge in [-0.15, -0.1) is 10.2 Å². The summed E-state index contributed by atoms with van der Waals surface area (Å²) < 4.78 is 5.79. The second-order valence-electron chi connectivity index (χ2n) is 7.68. The first-order valence-corrected chi connectivity index (χ1v) is 11.2. The molecular weight excluding hydrogens is 471 g/mol. The molecule has 3 aromatic carbocycles. The van der Waals surface area contributed by atoms with Crippen LogP contribution in [0.15, 0.2) is 83.3 Å². The summed E-state index contributed by atoms with van der Waals surface area (Å²) in [6, 6.07) is 22.1. The number of fused-ring (bicyclic) bond motifs is 1. The Hall–Kier alpha value is -3.87. The lowest BCUT2D eigenvalue weighted by Gasteiger charge is -2.01. The van der Waals surface area contributed by atoms with Gasteiger partial charge in [-0.1, -0.05) is 40.9 Å². The molecule has 8 heteroatoms. The monoisotopic (exact) mass is 488 g/mol. The maximum absolute atomic E-state index is 12.4. The molecule has 0 aliphatic carbocycles. The van der Waals surface area contributed by atoms with Gasteiger partial charge in [0.25, 0.3) is 0 Å². The molecule has 1 amide bonds. The van der Waals surface area contributed by atoms with E-state index in [0.29, 0.717) is 32.8 Å². The minimum absolute atomic E-state index is 0.298. The smallest absolute Gasteiger partial charge is 0.248 e. The molecule has 0 saturated carbocycles. The molecule has 0 fully saturated rings. The molecule has 0 bridgehead atoms. The van der Waals surface area contributed by atoms with Crippen molar-refractivity contribution in [2.75, 3.05) is 5.32 Å². The summed E-state index contributed by atoms with van der Waals surface area (Å²) >= 11 is 12.2. The molecule has 0 radical (unpaired) electrons. The highest BCUT2D eigenvalue weighted by atomic mass is 35.5. The van der Waals surface area contributed by atoms with Crippen LogP contribution in [0.2, 0.25) is 10.0 Å². The van der Waals surface area contributed by atoms with E-state index in [1.165, 1.54) is 6.08 Å². The van der Waals surface area contributed by atoms with Crippen molar-refractivity contribution < 1.29 is 9.21 Å². The second kappa shape index (κ2) is 9.17. The number of hydrogen-bond acceptors (Lipinski definition) is 4. The lowest BCUT2D eigenvalue weighted by molar-refractivity contribution is -0.111. The highest BCUT2D eigenvalue weighted by Crippen LogP contribution is 2.31. The predicted octanol–water partition coefficient (Wildman–Crippen LogP) is 6.95. The first-order valence-electron chi connectivity index (χ1n) is 10.4. The van der Waals surface area contributed by atoms with E-state index in [4.69, 9.17) is 27.6 Å². The molecule has 2 heterocycles. The summed E-state index contributed by atoms with van der Waals surface area (Å²) in [5.41, 5.74) is 4.79. The Labute approximate surface area is 205 Å². The maximum atomic E-state index is 12.4. The molecule has 0 saturated heterocycles. The van der Waals surface area contributed by atoms with E-state index >= 15 is 0 Å². The number of nitrogens with one attached hydrogen (secondary N) is 1. The van der Waals surface area contributed by atoms with Gasteiger partial charge < -0.3 is 9.73 Å². The van der Waals surface area contributed by atoms with E-state index in [0.717, 1.165) is 22.3 Å². The topological polar surface area (TPSA) is 73.0 Å². The van der Waals surface area contributed by atoms with Crippen LogP contribution in [0.4, 0.5) is 5.69 Å².